The maximum absolute atomic E-state index is 14.1. The standard InChI is InChI=1S/C26H25FN4OS/c27-22-7-1-2-8-23(22)30-15-17-31(18-16-30)26(32)20-10-12-21(13-11-20)29-33-24-9-3-5-19-6-4-14-28-25(19)24/h1-10,12-14,20,29H,11,15-18H2. The maximum atomic E-state index is 14.1. The summed E-state index contributed by atoms with van der Waals surface area (Å²) in [5.74, 6) is -0.227. The lowest BCUT2D eigenvalue weighted by Gasteiger charge is -2.37. The molecular weight excluding hydrogens is 435 g/mol. The van der Waals surface area contributed by atoms with E-state index in [2.05, 4.69) is 27.9 Å². The van der Waals surface area contributed by atoms with Gasteiger partial charge in [0.15, 0.2) is 0 Å². The van der Waals surface area contributed by atoms with Gasteiger partial charge in [0.05, 0.1) is 22.0 Å². The van der Waals surface area contributed by atoms with Crippen LogP contribution in [0, 0.1) is 11.7 Å². The summed E-state index contributed by atoms with van der Waals surface area (Å²) in [6, 6.07) is 16.9. The van der Waals surface area contributed by atoms with Crippen LogP contribution in [-0.2, 0) is 4.79 Å². The third-order valence-corrected chi connectivity index (χ3v) is 6.96. The summed E-state index contributed by atoms with van der Waals surface area (Å²) in [5, 5.41) is 1.11. The Labute approximate surface area is 197 Å². The van der Waals surface area contributed by atoms with Crippen LogP contribution in [-0.4, -0.2) is 42.0 Å². The number of allylic oxidation sites excluding steroid dienone is 2. The molecule has 168 valence electrons. The van der Waals surface area contributed by atoms with Crippen molar-refractivity contribution in [2.45, 2.75) is 11.3 Å². The van der Waals surface area contributed by atoms with Gasteiger partial charge in [-0.1, -0.05) is 42.5 Å². The van der Waals surface area contributed by atoms with Crippen molar-refractivity contribution in [1.29, 1.82) is 0 Å². The van der Waals surface area contributed by atoms with E-state index in [1.165, 1.54) is 18.0 Å². The van der Waals surface area contributed by atoms with Crippen LogP contribution < -0.4 is 9.62 Å². The third kappa shape index (κ3) is 4.73. The Hall–Kier alpha value is -3.32. The van der Waals surface area contributed by atoms with Gasteiger partial charge in [0, 0.05) is 43.5 Å². The van der Waals surface area contributed by atoms with E-state index in [0.717, 1.165) is 21.5 Å². The van der Waals surface area contributed by atoms with Crippen LogP contribution in [0.15, 0.2) is 89.6 Å². The molecule has 0 bridgehead atoms. The smallest absolute Gasteiger partial charge is 0.229 e. The summed E-state index contributed by atoms with van der Waals surface area (Å²) in [6.07, 6.45) is 8.50. The van der Waals surface area contributed by atoms with Gasteiger partial charge in [-0.2, -0.15) is 0 Å². The molecule has 0 saturated carbocycles. The molecule has 1 unspecified atom stereocenters. The molecule has 3 aromatic rings. The fourth-order valence-electron chi connectivity index (χ4n) is 4.26. The Bertz CT molecular complexity index is 1210. The van der Waals surface area contributed by atoms with Gasteiger partial charge in [0.25, 0.3) is 0 Å². The molecule has 2 aromatic carbocycles. The summed E-state index contributed by atoms with van der Waals surface area (Å²) < 4.78 is 17.4. The fraction of sp³-hybridized carbons (Fsp3) is 0.231. The number of amides is 1. The highest BCUT2D eigenvalue weighted by atomic mass is 32.2. The molecule has 1 fully saturated rings. The van der Waals surface area contributed by atoms with Crippen molar-refractivity contribution in [3.05, 3.63) is 90.5 Å². The van der Waals surface area contributed by atoms with Gasteiger partial charge < -0.3 is 14.5 Å². The Kier molecular flexibility index (Phi) is 6.30. The van der Waals surface area contributed by atoms with Crippen molar-refractivity contribution < 1.29 is 9.18 Å². The molecule has 1 amide bonds. The summed E-state index contributed by atoms with van der Waals surface area (Å²) in [6.45, 7) is 2.50. The second kappa shape index (κ2) is 9.67. The van der Waals surface area contributed by atoms with E-state index in [4.69, 9.17) is 0 Å². The number of pyridine rings is 1. The van der Waals surface area contributed by atoms with Crippen molar-refractivity contribution in [2.24, 2.45) is 5.92 Å². The van der Waals surface area contributed by atoms with Crippen LogP contribution in [0.4, 0.5) is 10.1 Å². The monoisotopic (exact) mass is 460 g/mol. The molecule has 1 N–H and O–H groups in total. The van der Waals surface area contributed by atoms with E-state index < -0.39 is 0 Å². The minimum absolute atomic E-state index is 0.139. The third-order valence-electron chi connectivity index (χ3n) is 6.08. The summed E-state index contributed by atoms with van der Waals surface area (Å²) >= 11 is 1.53. The first-order chi connectivity index (χ1) is 16.2. The summed E-state index contributed by atoms with van der Waals surface area (Å²) in [4.78, 5) is 22.5. The number of carbonyl (C=O) groups excluding carboxylic acids is 1. The molecule has 1 aromatic heterocycles. The van der Waals surface area contributed by atoms with Crippen LogP contribution in [0.3, 0.4) is 0 Å². The number of hydrogen-bond acceptors (Lipinski definition) is 5. The van der Waals surface area contributed by atoms with E-state index >= 15 is 0 Å². The number of aromatic nitrogens is 1. The number of piperazine rings is 1. The quantitative estimate of drug-likeness (QED) is 0.556. The van der Waals surface area contributed by atoms with Gasteiger partial charge in [-0.3, -0.25) is 9.78 Å². The maximum Gasteiger partial charge on any atom is 0.229 e. The fourth-order valence-corrected chi connectivity index (χ4v) is 5.06. The molecule has 5 rings (SSSR count). The lowest BCUT2D eigenvalue weighted by atomic mass is 9.97. The van der Waals surface area contributed by atoms with Gasteiger partial charge in [-0.25, -0.2) is 4.39 Å². The van der Waals surface area contributed by atoms with Crippen molar-refractivity contribution in [1.82, 2.24) is 14.6 Å². The van der Waals surface area contributed by atoms with Gasteiger partial charge >= 0.3 is 0 Å². The number of fused-ring (bicyclic) bond motifs is 1. The number of hydrogen-bond donors (Lipinski definition) is 1. The van der Waals surface area contributed by atoms with E-state index in [1.807, 2.05) is 46.2 Å². The van der Waals surface area contributed by atoms with E-state index in [0.29, 0.717) is 38.3 Å². The largest absolute Gasteiger partial charge is 0.366 e. The molecule has 1 aliphatic heterocycles. The molecule has 2 heterocycles. The van der Waals surface area contributed by atoms with Crippen LogP contribution in [0.2, 0.25) is 0 Å². The number of nitrogens with one attached hydrogen (secondary N) is 1. The lowest BCUT2D eigenvalue weighted by molar-refractivity contribution is -0.134. The number of anilines is 1. The molecule has 7 heteroatoms. The average molecular weight is 461 g/mol. The molecule has 0 spiro atoms. The number of rotatable bonds is 5. The number of para-hydroxylation sites is 2. The van der Waals surface area contributed by atoms with Crippen LogP contribution in [0.5, 0.6) is 0 Å². The minimum atomic E-state index is -0.213. The zero-order valence-corrected chi connectivity index (χ0v) is 19.0. The highest BCUT2D eigenvalue weighted by Gasteiger charge is 2.27. The zero-order valence-electron chi connectivity index (χ0n) is 18.2. The van der Waals surface area contributed by atoms with E-state index in [1.54, 1.807) is 18.3 Å². The van der Waals surface area contributed by atoms with Crippen LogP contribution in [0.25, 0.3) is 10.9 Å². The number of carbonyl (C=O) groups is 1. The highest BCUT2D eigenvalue weighted by Crippen LogP contribution is 2.27. The Morgan fingerprint density at radius 1 is 1.03 bits per heavy atom. The normalized spacial score (nSPS) is 18.3. The molecule has 1 atom stereocenters. The van der Waals surface area contributed by atoms with Crippen molar-refractivity contribution >= 4 is 34.4 Å². The molecule has 1 aliphatic carbocycles. The van der Waals surface area contributed by atoms with Gasteiger partial charge in [0.2, 0.25) is 5.91 Å². The number of nitrogens with zero attached hydrogens (tertiary/aromatic N) is 3. The van der Waals surface area contributed by atoms with Gasteiger partial charge in [-0.15, -0.1) is 0 Å². The topological polar surface area (TPSA) is 48.5 Å². The molecule has 33 heavy (non-hydrogen) atoms. The number of benzene rings is 2. The molecule has 0 radical (unpaired) electrons. The van der Waals surface area contributed by atoms with Gasteiger partial charge in [-0.05, 0) is 48.7 Å². The summed E-state index contributed by atoms with van der Waals surface area (Å²) in [7, 11) is 0. The molecular formula is C26H25FN4OS. The van der Waals surface area contributed by atoms with Crippen molar-refractivity contribution in [2.75, 3.05) is 31.1 Å². The predicted octanol–water partition coefficient (Wildman–Crippen LogP) is 4.78. The first-order valence-electron chi connectivity index (χ1n) is 11.1. The Morgan fingerprint density at radius 3 is 2.64 bits per heavy atom. The highest BCUT2D eigenvalue weighted by molar-refractivity contribution is 7.97. The lowest BCUT2D eigenvalue weighted by Crippen LogP contribution is -2.50. The summed E-state index contributed by atoms with van der Waals surface area (Å²) in [5.41, 5.74) is 2.57. The first kappa shape index (κ1) is 21.5. The molecule has 1 saturated heterocycles. The van der Waals surface area contributed by atoms with E-state index in [-0.39, 0.29) is 17.6 Å². The second-order valence-corrected chi connectivity index (χ2v) is 9.01. The second-order valence-electron chi connectivity index (χ2n) is 8.16. The van der Waals surface area contributed by atoms with Crippen LogP contribution in [0.1, 0.15) is 6.42 Å². The first-order valence-corrected chi connectivity index (χ1v) is 11.9. The van der Waals surface area contributed by atoms with Crippen molar-refractivity contribution in [3.8, 4) is 0 Å². The average Bonchev–Trinajstić information content (AvgIpc) is 2.88. The van der Waals surface area contributed by atoms with Gasteiger partial charge in [0.1, 0.15) is 5.82 Å². The van der Waals surface area contributed by atoms with E-state index in [9.17, 15) is 9.18 Å². The Balaban J connectivity index is 1.14. The SMILES string of the molecule is O=C(C1C=CC(NSc2cccc3cccnc23)=CC1)N1CCN(c2ccccc2F)CC1. The molecule has 2 aliphatic rings. The predicted molar refractivity (Wildman–Crippen MR) is 131 cm³/mol. The molecule has 5 nitrogen and oxygen atoms in total. The zero-order chi connectivity index (χ0) is 22.6. The van der Waals surface area contributed by atoms with Crippen molar-refractivity contribution in [3.63, 3.8) is 0 Å². The number of halogens is 1. The minimum Gasteiger partial charge on any atom is -0.366 e. The van der Waals surface area contributed by atoms with Crippen LogP contribution >= 0.6 is 11.9 Å². The Morgan fingerprint density at radius 2 is 1.85 bits per heavy atom.